The van der Waals surface area contributed by atoms with Crippen LogP contribution in [-0.2, 0) is 17.5 Å². The maximum atomic E-state index is 13.0. The number of amides is 1. The van der Waals surface area contributed by atoms with Gasteiger partial charge in [-0.05, 0) is 30.9 Å². The predicted octanol–water partition coefficient (Wildman–Crippen LogP) is 2.67. The summed E-state index contributed by atoms with van der Waals surface area (Å²) < 4.78 is 40.2. The number of piperidine rings is 1. The van der Waals surface area contributed by atoms with Crippen molar-refractivity contribution in [2.75, 3.05) is 13.1 Å². The smallest absolute Gasteiger partial charge is 0.341 e. The summed E-state index contributed by atoms with van der Waals surface area (Å²) in [5.74, 6) is 0.181. The fourth-order valence-corrected chi connectivity index (χ4v) is 3.19. The normalized spacial score (nSPS) is 18.6. The summed E-state index contributed by atoms with van der Waals surface area (Å²) >= 11 is 0. The van der Waals surface area contributed by atoms with E-state index < -0.39 is 22.8 Å². The van der Waals surface area contributed by atoms with Crippen molar-refractivity contribution in [2.24, 2.45) is 5.92 Å². The van der Waals surface area contributed by atoms with Crippen LogP contribution in [0.1, 0.15) is 25.3 Å². The molecule has 1 fully saturated rings. The Labute approximate surface area is 142 Å². The standard InChI is InChI=1S/C17H18F3N3O2/c1-11-4-3-7-22(8-11)14(24)9-23-10-21-15-12(16(23)25)5-2-6-13(15)17(18,19)20/h2,5-6,10-11H,3-4,7-9H2,1H3. The molecule has 1 saturated heterocycles. The number of fused-ring (bicyclic) bond motifs is 1. The SMILES string of the molecule is CC1CCCN(C(=O)Cn2cnc3c(C(F)(F)F)cccc3c2=O)C1. The number of para-hydroxylation sites is 1. The zero-order valence-electron chi connectivity index (χ0n) is 13.7. The number of carbonyl (C=O) groups is 1. The van der Waals surface area contributed by atoms with E-state index in [-0.39, 0.29) is 17.8 Å². The maximum absolute atomic E-state index is 13.0. The molecule has 2 heterocycles. The van der Waals surface area contributed by atoms with E-state index in [9.17, 15) is 22.8 Å². The molecule has 1 amide bonds. The lowest BCUT2D eigenvalue weighted by Crippen LogP contribution is -2.42. The molecule has 2 aromatic rings. The minimum absolute atomic E-state index is 0.142. The molecule has 1 aliphatic heterocycles. The molecule has 134 valence electrons. The lowest BCUT2D eigenvalue weighted by molar-refractivity contribution is -0.136. The van der Waals surface area contributed by atoms with E-state index in [1.165, 1.54) is 12.1 Å². The Morgan fingerprint density at radius 1 is 1.36 bits per heavy atom. The summed E-state index contributed by atoms with van der Waals surface area (Å²) in [7, 11) is 0. The minimum atomic E-state index is -4.59. The largest absolute Gasteiger partial charge is 0.418 e. The van der Waals surface area contributed by atoms with Crippen LogP contribution in [-0.4, -0.2) is 33.4 Å². The summed E-state index contributed by atoms with van der Waals surface area (Å²) in [4.78, 5) is 30.3. The van der Waals surface area contributed by atoms with E-state index in [1.54, 1.807) is 4.90 Å². The highest BCUT2D eigenvalue weighted by Crippen LogP contribution is 2.32. The van der Waals surface area contributed by atoms with Gasteiger partial charge in [-0.1, -0.05) is 13.0 Å². The van der Waals surface area contributed by atoms with E-state index in [0.29, 0.717) is 19.0 Å². The van der Waals surface area contributed by atoms with Crippen molar-refractivity contribution < 1.29 is 18.0 Å². The van der Waals surface area contributed by atoms with Crippen LogP contribution >= 0.6 is 0 Å². The van der Waals surface area contributed by atoms with Gasteiger partial charge in [0.05, 0.1) is 22.8 Å². The molecule has 0 N–H and O–H groups in total. The number of rotatable bonds is 2. The Bertz CT molecular complexity index is 860. The molecule has 25 heavy (non-hydrogen) atoms. The van der Waals surface area contributed by atoms with Gasteiger partial charge in [0.25, 0.3) is 5.56 Å². The third-order valence-corrected chi connectivity index (χ3v) is 4.47. The van der Waals surface area contributed by atoms with E-state index in [0.717, 1.165) is 29.8 Å². The van der Waals surface area contributed by atoms with Crippen LogP contribution in [0, 0.1) is 5.92 Å². The molecule has 8 heteroatoms. The molecule has 1 aromatic carbocycles. The Hall–Kier alpha value is -2.38. The molecule has 0 saturated carbocycles. The number of alkyl halides is 3. The van der Waals surface area contributed by atoms with Gasteiger partial charge in [-0.25, -0.2) is 4.98 Å². The fraction of sp³-hybridized carbons (Fsp3) is 0.471. The Kier molecular flexibility index (Phi) is 4.53. The molecule has 1 unspecified atom stereocenters. The molecule has 0 spiro atoms. The van der Waals surface area contributed by atoms with Crippen molar-refractivity contribution in [2.45, 2.75) is 32.5 Å². The van der Waals surface area contributed by atoms with Gasteiger partial charge < -0.3 is 4.90 Å². The Morgan fingerprint density at radius 2 is 2.12 bits per heavy atom. The number of hydrogen-bond acceptors (Lipinski definition) is 3. The molecular formula is C17H18F3N3O2. The number of likely N-dealkylation sites (tertiary alicyclic amines) is 1. The van der Waals surface area contributed by atoms with Crippen LogP contribution in [0.4, 0.5) is 13.2 Å². The average Bonchev–Trinajstić information content (AvgIpc) is 2.56. The van der Waals surface area contributed by atoms with Crippen molar-refractivity contribution in [1.82, 2.24) is 14.5 Å². The number of benzene rings is 1. The third kappa shape index (κ3) is 3.52. The predicted molar refractivity (Wildman–Crippen MR) is 86.0 cm³/mol. The average molecular weight is 353 g/mol. The van der Waals surface area contributed by atoms with Crippen molar-refractivity contribution in [3.8, 4) is 0 Å². The highest BCUT2D eigenvalue weighted by atomic mass is 19.4. The van der Waals surface area contributed by atoms with Crippen LogP contribution in [0.15, 0.2) is 29.3 Å². The van der Waals surface area contributed by atoms with E-state index in [4.69, 9.17) is 0 Å². The first-order chi connectivity index (χ1) is 11.8. The molecule has 0 aliphatic carbocycles. The van der Waals surface area contributed by atoms with Gasteiger partial charge in [0.15, 0.2) is 0 Å². The van der Waals surface area contributed by atoms with Crippen LogP contribution < -0.4 is 5.56 Å². The molecule has 3 rings (SSSR count). The summed E-state index contributed by atoms with van der Waals surface area (Å²) in [6.45, 7) is 3.11. The van der Waals surface area contributed by atoms with Crippen LogP contribution in [0.3, 0.4) is 0 Å². The minimum Gasteiger partial charge on any atom is -0.341 e. The molecule has 0 bridgehead atoms. The van der Waals surface area contributed by atoms with Crippen molar-refractivity contribution >= 4 is 16.8 Å². The highest BCUT2D eigenvalue weighted by Gasteiger charge is 2.33. The maximum Gasteiger partial charge on any atom is 0.418 e. The second kappa shape index (κ2) is 6.50. The van der Waals surface area contributed by atoms with Crippen LogP contribution in [0.2, 0.25) is 0 Å². The summed E-state index contributed by atoms with van der Waals surface area (Å²) in [6.07, 6.45) is -1.61. The number of hydrogen-bond donors (Lipinski definition) is 0. The first kappa shape index (κ1) is 17.4. The topological polar surface area (TPSA) is 55.2 Å². The molecule has 1 aromatic heterocycles. The van der Waals surface area contributed by atoms with Gasteiger partial charge in [-0.15, -0.1) is 0 Å². The molecule has 1 aliphatic rings. The Balaban J connectivity index is 1.92. The quantitative estimate of drug-likeness (QED) is 0.834. The zero-order valence-corrected chi connectivity index (χ0v) is 13.7. The van der Waals surface area contributed by atoms with Crippen LogP contribution in [0.5, 0.6) is 0 Å². The first-order valence-corrected chi connectivity index (χ1v) is 8.10. The summed E-state index contributed by atoms with van der Waals surface area (Å²) in [5, 5.41) is -0.142. The number of halogens is 3. The molecule has 0 radical (unpaired) electrons. The van der Waals surface area contributed by atoms with Crippen molar-refractivity contribution in [3.63, 3.8) is 0 Å². The van der Waals surface area contributed by atoms with Gasteiger partial charge in [0.1, 0.15) is 6.54 Å². The van der Waals surface area contributed by atoms with Gasteiger partial charge in [0, 0.05) is 13.1 Å². The second-order valence-electron chi connectivity index (χ2n) is 6.46. The number of aromatic nitrogens is 2. The molecular weight excluding hydrogens is 335 g/mol. The van der Waals surface area contributed by atoms with Gasteiger partial charge >= 0.3 is 6.18 Å². The number of nitrogens with zero attached hydrogens (tertiary/aromatic N) is 3. The van der Waals surface area contributed by atoms with Crippen molar-refractivity contribution in [1.29, 1.82) is 0 Å². The molecule has 1 atom stereocenters. The monoisotopic (exact) mass is 353 g/mol. The van der Waals surface area contributed by atoms with Crippen molar-refractivity contribution in [3.05, 3.63) is 40.4 Å². The van der Waals surface area contributed by atoms with Gasteiger partial charge in [-0.3, -0.25) is 14.2 Å². The van der Waals surface area contributed by atoms with Gasteiger partial charge in [-0.2, -0.15) is 13.2 Å². The van der Waals surface area contributed by atoms with E-state index in [2.05, 4.69) is 11.9 Å². The van der Waals surface area contributed by atoms with Crippen LogP contribution in [0.25, 0.3) is 10.9 Å². The lowest BCUT2D eigenvalue weighted by atomic mass is 10.0. The zero-order chi connectivity index (χ0) is 18.2. The summed E-state index contributed by atoms with van der Waals surface area (Å²) in [5.41, 5.74) is -1.99. The first-order valence-electron chi connectivity index (χ1n) is 8.10. The third-order valence-electron chi connectivity index (χ3n) is 4.47. The van der Waals surface area contributed by atoms with E-state index in [1.807, 2.05) is 0 Å². The van der Waals surface area contributed by atoms with E-state index >= 15 is 0 Å². The lowest BCUT2D eigenvalue weighted by Gasteiger charge is -2.31. The molecule has 5 nitrogen and oxygen atoms in total. The Morgan fingerprint density at radius 3 is 2.80 bits per heavy atom. The van der Waals surface area contributed by atoms with Gasteiger partial charge in [0.2, 0.25) is 5.91 Å². The summed E-state index contributed by atoms with van der Waals surface area (Å²) in [6, 6.07) is 3.36. The fourth-order valence-electron chi connectivity index (χ4n) is 3.19. The highest BCUT2D eigenvalue weighted by molar-refractivity contribution is 5.82. The second-order valence-corrected chi connectivity index (χ2v) is 6.46. The number of carbonyl (C=O) groups excluding carboxylic acids is 1.